The molecule has 1 aromatic heterocycles. The van der Waals surface area contributed by atoms with Crippen LogP contribution in [0.4, 0.5) is 0 Å². The second-order valence-electron chi connectivity index (χ2n) is 4.69. The van der Waals surface area contributed by atoms with Gasteiger partial charge in [0.05, 0.1) is 11.9 Å². The second kappa shape index (κ2) is 6.68. The van der Waals surface area contributed by atoms with Gasteiger partial charge >= 0.3 is 5.97 Å². The van der Waals surface area contributed by atoms with Gasteiger partial charge in [-0.15, -0.1) is 0 Å². The maximum Gasteiger partial charge on any atom is 0.304 e. The lowest BCUT2D eigenvalue weighted by molar-refractivity contribution is -0.137. The molecular weight excluding hydrogens is 276 g/mol. The Hall–Kier alpha value is -1.65. The highest BCUT2D eigenvalue weighted by molar-refractivity contribution is 6.35. The quantitative estimate of drug-likeness (QED) is 0.858. The molecule has 0 fully saturated rings. The van der Waals surface area contributed by atoms with Crippen LogP contribution >= 0.6 is 11.6 Å². The van der Waals surface area contributed by atoms with E-state index in [1.54, 1.807) is 6.20 Å². The number of halogens is 1. The van der Waals surface area contributed by atoms with Gasteiger partial charge in [0.1, 0.15) is 0 Å². The van der Waals surface area contributed by atoms with Gasteiger partial charge in [0.25, 0.3) is 0 Å². The minimum Gasteiger partial charge on any atom is -0.481 e. The van der Waals surface area contributed by atoms with Gasteiger partial charge in [-0.2, -0.15) is 0 Å². The van der Waals surface area contributed by atoms with E-state index < -0.39 is 5.97 Å². The summed E-state index contributed by atoms with van der Waals surface area (Å²) in [6, 6.07) is 7.52. The number of hydrogen-bond donors (Lipinski definition) is 2. The standard InChI is InChI=1S/C15H17ClN2O2/c1-2-11(8-14(19)20)18-9-10-5-6-13(16)12-4-3-7-17-15(10)12/h3-7,11,18H,2,8-9H2,1H3,(H,19,20)/t11-/m1/s1. The molecule has 5 heteroatoms. The van der Waals surface area contributed by atoms with Crippen molar-refractivity contribution < 1.29 is 9.90 Å². The largest absolute Gasteiger partial charge is 0.481 e. The van der Waals surface area contributed by atoms with Crippen molar-refractivity contribution in [2.75, 3.05) is 0 Å². The normalized spacial score (nSPS) is 12.5. The van der Waals surface area contributed by atoms with Crippen LogP contribution in [0, 0.1) is 0 Å². The molecule has 0 amide bonds. The Morgan fingerprint density at radius 2 is 2.25 bits per heavy atom. The molecule has 0 saturated carbocycles. The van der Waals surface area contributed by atoms with Crippen LogP contribution < -0.4 is 5.32 Å². The fourth-order valence-corrected chi connectivity index (χ4v) is 2.38. The number of aliphatic carboxylic acids is 1. The molecule has 1 aromatic carbocycles. The van der Waals surface area contributed by atoms with E-state index in [9.17, 15) is 4.79 Å². The highest BCUT2D eigenvalue weighted by Gasteiger charge is 2.12. The summed E-state index contributed by atoms with van der Waals surface area (Å²) in [5.41, 5.74) is 1.88. The van der Waals surface area contributed by atoms with Crippen molar-refractivity contribution in [2.24, 2.45) is 0 Å². The first-order valence-corrected chi connectivity index (χ1v) is 6.97. The summed E-state index contributed by atoms with van der Waals surface area (Å²) in [6.07, 6.45) is 2.62. The summed E-state index contributed by atoms with van der Waals surface area (Å²) in [4.78, 5) is 15.1. The topological polar surface area (TPSA) is 62.2 Å². The van der Waals surface area contributed by atoms with E-state index in [2.05, 4.69) is 10.3 Å². The molecule has 0 aliphatic heterocycles. The number of pyridine rings is 1. The molecule has 0 radical (unpaired) electrons. The van der Waals surface area contributed by atoms with Crippen molar-refractivity contribution in [3.05, 3.63) is 41.0 Å². The van der Waals surface area contributed by atoms with Gasteiger partial charge in [-0.05, 0) is 30.2 Å². The molecule has 1 heterocycles. The summed E-state index contributed by atoms with van der Waals surface area (Å²) in [7, 11) is 0. The Bertz CT molecular complexity index is 616. The smallest absolute Gasteiger partial charge is 0.304 e. The lowest BCUT2D eigenvalue weighted by Crippen LogP contribution is -2.30. The van der Waals surface area contributed by atoms with Gasteiger partial charge in [0.2, 0.25) is 0 Å². The molecule has 2 rings (SSSR count). The fourth-order valence-electron chi connectivity index (χ4n) is 2.16. The van der Waals surface area contributed by atoms with E-state index in [4.69, 9.17) is 16.7 Å². The molecule has 106 valence electrons. The molecular formula is C15H17ClN2O2. The van der Waals surface area contributed by atoms with Crippen molar-refractivity contribution in [3.8, 4) is 0 Å². The number of aromatic nitrogens is 1. The van der Waals surface area contributed by atoms with E-state index in [1.807, 2.05) is 31.2 Å². The molecule has 2 N–H and O–H groups in total. The molecule has 0 unspecified atom stereocenters. The summed E-state index contributed by atoms with van der Waals surface area (Å²) in [5.74, 6) is -0.788. The first kappa shape index (κ1) is 14.8. The second-order valence-corrected chi connectivity index (χ2v) is 5.10. The van der Waals surface area contributed by atoms with Gasteiger partial charge in [-0.25, -0.2) is 0 Å². The third kappa shape index (κ3) is 3.46. The fraction of sp³-hybridized carbons (Fsp3) is 0.333. The highest BCUT2D eigenvalue weighted by atomic mass is 35.5. The number of fused-ring (bicyclic) bond motifs is 1. The SMILES string of the molecule is CC[C@H](CC(=O)O)NCc1ccc(Cl)c2cccnc12. The molecule has 0 spiro atoms. The van der Waals surface area contributed by atoms with Gasteiger partial charge in [0.15, 0.2) is 0 Å². The Balaban J connectivity index is 2.18. The Morgan fingerprint density at radius 1 is 1.45 bits per heavy atom. The molecule has 0 bridgehead atoms. The van der Waals surface area contributed by atoms with Gasteiger partial charge < -0.3 is 10.4 Å². The van der Waals surface area contributed by atoms with Crippen molar-refractivity contribution in [1.29, 1.82) is 0 Å². The Kier molecular flexibility index (Phi) is 4.93. The van der Waals surface area contributed by atoms with Crippen LogP contribution in [0.5, 0.6) is 0 Å². The van der Waals surface area contributed by atoms with Crippen LogP contribution in [-0.4, -0.2) is 22.1 Å². The predicted octanol–water partition coefficient (Wildman–Crippen LogP) is 3.23. The van der Waals surface area contributed by atoms with Crippen molar-refractivity contribution in [2.45, 2.75) is 32.4 Å². The number of hydrogen-bond acceptors (Lipinski definition) is 3. The third-order valence-corrected chi connectivity index (χ3v) is 3.62. The Labute approximate surface area is 122 Å². The average molecular weight is 293 g/mol. The first-order chi connectivity index (χ1) is 9.61. The highest BCUT2D eigenvalue weighted by Crippen LogP contribution is 2.24. The minimum absolute atomic E-state index is 0.0399. The third-order valence-electron chi connectivity index (χ3n) is 3.30. The number of nitrogens with zero attached hydrogens (tertiary/aromatic N) is 1. The predicted molar refractivity (Wildman–Crippen MR) is 79.9 cm³/mol. The van der Waals surface area contributed by atoms with Crippen LogP contribution in [0.2, 0.25) is 5.02 Å². The van der Waals surface area contributed by atoms with E-state index >= 15 is 0 Å². The minimum atomic E-state index is -0.788. The van der Waals surface area contributed by atoms with Crippen LogP contribution in [0.25, 0.3) is 10.9 Å². The zero-order valence-corrected chi connectivity index (χ0v) is 12.0. The zero-order valence-electron chi connectivity index (χ0n) is 11.3. The van der Waals surface area contributed by atoms with E-state index in [0.717, 1.165) is 22.9 Å². The van der Waals surface area contributed by atoms with Crippen molar-refractivity contribution in [3.63, 3.8) is 0 Å². The van der Waals surface area contributed by atoms with Gasteiger partial charge in [-0.3, -0.25) is 9.78 Å². The molecule has 0 aliphatic carbocycles. The number of rotatable bonds is 6. The maximum atomic E-state index is 10.8. The molecule has 0 aliphatic rings. The van der Waals surface area contributed by atoms with Crippen molar-refractivity contribution >= 4 is 28.5 Å². The van der Waals surface area contributed by atoms with Gasteiger partial charge in [-0.1, -0.05) is 24.6 Å². The number of carboxylic acid groups (broad SMARTS) is 1. The van der Waals surface area contributed by atoms with E-state index in [-0.39, 0.29) is 12.5 Å². The molecule has 0 saturated heterocycles. The van der Waals surface area contributed by atoms with Crippen LogP contribution in [0.3, 0.4) is 0 Å². The molecule has 2 aromatic rings. The number of carboxylic acids is 1. The van der Waals surface area contributed by atoms with Crippen LogP contribution in [0.1, 0.15) is 25.3 Å². The zero-order chi connectivity index (χ0) is 14.5. The monoisotopic (exact) mass is 292 g/mol. The summed E-state index contributed by atoms with van der Waals surface area (Å²) >= 11 is 6.15. The van der Waals surface area contributed by atoms with Crippen LogP contribution in [0.15, 0.2) is 30.5 Å². The molecule has 1 atom stereocenters. The molecule has 20 heavy (non-hydrogen) atoms. The van der Waals surface area contributed by atoms with Gasteiger partial charge in [0, 0.05) is 29.2 Å². The van der Waals surface area contributed by atoms with E-state index in [1.165, 1.54) is 0 Å². The van der Waals surface area contributed by atoms with Crippen LogP contribution in [-0.2, 0) is 11.3 Å². The summed E-state index contributed by atoms with van der Waals surface area (Å²) in [5, 5.41) is 13.7. The number of benzene rings is 1. The first-order valence-electron chi connectivity index (χ1n) is 6.59. The average Bonchev–Trinajstić information content (AvgIpc) is 2.45. The summed E-state index contributed by atoms with van der Waals surface area (Å²) in [6.45, 7) is 2.55. The number of nitrogens with one attached hydrogen (secondary N) is 1. The number of carbonyl (C=O) groups is 1. The Morgan fingerprint density at radius 3 is 2.95 bits per heavy atom. The van der Waals surface area contributed by atoms with E-state index in [0.29, 0.717) is 11.6 Å². The lowest BCUT2D eigenvalue weighted by Gasteiger charge is -2.15. The molecule has 4 nitrogen and oxygen atoms in total. The lowest BCUT2D eigenvalue weighted by atomic mass is 10.1. The summed E-state index contributed by atoms with van der Waals surface area (Å²) < 4.78 is 0. The van der Waals surface area contributed by atoms with Crippen molar-refractivity contribution in [1.82, 2.24) is 10.3 Å². The maximum absolute atomic E-state index is 10.8.